The lowest BCUT2D eigenvalue weighted by Crippen LogP contribution is -2.27. The normalized spacial score (nSPS) is 15.9. The first-order chi connectivity index (χ1) is 9.10. The van der Waals surface area contributed by atoms with Crippen molar-refractivity contribution in [3.8, 4) is 0 Å². The maximum absolute atomic E-state index is 11.2. The second-order valence-corrected chi connectivity index (χ2v) is 5.25. The molecule has 4 nitrogen and oxygen atoms in total. The Bertz CT molecular complexity index is 455. The molecule has 0 spiro atoms. The van der Waals surface area contributed by atoms with Gasteiger partial charge in [-0.25, -0.2) is 0 Å². The van der Waals surface area contributed by atoms with Crippen LogP contribution in [0.3, 0.4) is 0 Å². The van der Waals surface area contributed by atoms with Crippen molar-refractivity contribution in [3.05, 3.63) is 23.8 Å². The van der Waals surface area contributed by atoms with E-state index in [1.54, 1.807) is 7.11 Å². The van der Waals surface area contributed by atoms with Gasteiger partial charge in [0.15, 0.2) is 0 Å². The molecule has 0 bridgehead atoms. The molecule has 1 fully saturated rings. The van der Waals surface area contributed by atoms with Crippen LogP contribution in [0.1, 0.15) is 25.3 Å². The van der Waals surface area contributed by atoms with Crippen molar-refractivity contribution in [2.45, 2.75) is 32.7 Å². The number of methoxy groups -OCH3 is 1. The molecular weight excluding hydrogens is 240 g/mol. The van der Waals surface area contributed by atoms with Crippen molar-refractivity contribution in [1.82, 2.24) is 0 Å². The smallest absolute Gasteiger partial charge is 0.221 e. The molecule has 1 aromatic carbocycles. The molecule has 0 aromatic heterocycles. The number of carbonyl (C=O) groups excluding carboxylic acids is 1. The molecule has 2 rings (SSSR count). The molecule has 1 aliphatic carbocycles. The zero-order valence-corrected chi connectivity index (χ0v) is 11.8. The first kappa shape index (κ1) is 13.9. The van der Waals surface area contributed by atoms with Crippen molar-refractivity contribution < 1.29 is 9.53 Å². The summed E-state index contributed by atoms with van der Waals surface area (Å²) < 4.78 is 5.26. The van der Waals surface area contributed by atoms with Crippen molar-refractivity contribution in [2.75, 3.05) is 24.4 Å². The first-order valence-corrected chi connectivity index (χ1v) is 6.74. The average molecular weight is 262 g/mol. The first-order valence-electron chi connectivity index (χ1n) is 6.74. The molecule has 0 heterocycles. The molecular formula is C15H22N2O2. The second kappa shape index (κ2) is 6.06. The van der Waals surface area contributed by atoms with E-state index in [0.29, 0.717) is 18.6 Å². The molecule has 104 valence electrons. The second-order valence-electron chi connectivity index (χ2n) is 5.25. The molecule has 4 heteroatoms. The zero-order valence-electron chi connectivity index (χ0n) is 11.8. The highest BCUT2D eigenvalue weighted by Gasteiger charge is 2.31. The zero-order chi connectivity index (χ0) is 13.8. The summed E-state index contributed by atoms with van der Waals surface area (Å²) in [7, 11) is 1.73. The number of nitrogens with one attached hydrogen (secondary N) is 2. The van der Waals surface area contributed by atoms with Crippen molar-refractivity contribution in [1.29, 1.82) is 0 Å². The summed E-state index contributed by atoms with van der Waals surface area (Å²) in [5.74, 6) is 0.668. The fraction of sp³-hybridized carbons (Fsp3) is 0.533. The maximum atomic E-state index is 11.2. The molecule has 0 aliphatic heterocycles. The van der Waals surface area contributed by atoms with Crippen LogP contribution >= 0.6 is 0 Å². The Morgan fingerprint density at radius 3 is 2.79 bits per heavy atom. The van der Waals surface area contributed by atoms with Gasteiger partial charge in [0.2, 0.25) is 5.91 Å². The van der Waals surface area contributed by atoms with Gasteiger partial charge in [0.25, 0.3) is 0 Å². The van der Waals surface area contributed by atoms with Gasteiger partial charge in [0, 0.05) is 25.4 Å². The fourth-order valence-electron chi connectivity index (χ4n) is 2.22. The van der Waals surface area contributed by atoms with E-state index < -0.39 is 0 Å². The monoisotopic (exact) mass is 262 g/mol. The molecule has 1 aliphatic rings. The fourth-order valence-corrected chi connectivity index (χ4v) is 2.22. The van der Waals surface area contributed by atoms with Gasteiger partial charge in [-0.1, -0.05) is 6.07 Å². The highest BCUT2D eigenvalue weighted by molar-refractivity contribution is 5.90. The third kappa shape index (κ3) is 3.96. The summed E-state index contributed by atoms with van der Waals surface area (Å²) in [4.78, 5) is 11.2. The molecule has 19 heavy (non-hydrogen) atoms. The van der Waals surface area contributed by atoms with Gasteiger partial charge in [-0.15, -0.1) is 0 Å². The molecule has 2 N–H and O–H groups in total. The van der Waals surface area contributed by atoms with Crippen LogP contribution in [0, 0.1) is 12.8 Å². The van der Waals surface area contributed by atoms with Crippen LogP contribution in [-0.2, 0) is 9.53 Å². The van der Waals surface area contributed by atoms with Crippen LogP contribution in [0.25, 0.3) is 0 Å². The third-order valence-electron chi connectivity index (χ3n) is 3.44. The van der Waals surface area contributed by atoms with Gasteiger partial charge < -0.3 is 15.4 Å². The van der Waals surface area contributed by atoms with Crippen molar-refractivity contribution in [2.24, 2.45) is 5.92 Å². The van der Waals surface area contributed by atoms with Gasteiger partial charge in [-0.3, -0.25) is 4.79 Å². The van der Waals surface area contributed by atoms with Gasteiger partial charge >= 0.3 is 0 Å². The summed E-state index contributed by atoms with van der Waals surface area (Å²) in [6, 6.07) is 6.41. The lowest BCUT2D eigenvalue weighted by molar-refractivity contribution is -0.114. The van der Waals surface area contributed by atoms with Crippen LogP contribution in [0.15, 0.2) is 18.2 Å². The van der Waals surface area contributed by atoms with E-state index in [2.05, 4.69) is 10.6 Å². The summed E-state index contributed by atoms with van der Waals surface area (Å²) in [5, 5.41) is 6.36. The van der Waals surface area contributed by atoms with E-state index in [4.69, 9.17) is 4.74 Å². The van der Waals surface area contributed by atoms with Crippen LogP contribution in [0.4, 0.5) is 11.4 Å². The number of hydrogen-bond acceptors (Lipinski definition) is 3. The third-order valence-corrected chi connectivity index (χ3v) is 3.44. The van der Waals surface area contributed by atoms with Crippen LogP contribution in [-0.4, -0.2) is 25.7 Å². The standard InChI is InChI=1S/C15H22N2O2/c1-10-4-7-13(8-14(10)16-11(2)18)17-15(9-19-3)12-5-6-12/h4,7-8,12,15,17H,5-6,9H2,1-3H3,(H,16,18). The van der Waals surface area contributed by atoms with E-state index >= 15 is 0 Å². The Morgan fingerprint density at radius 1 is 1.47 bits per heavy atom. The minimum atomic E-state index is -0.0455. The minimum Gasteiger partial charge on any atom is -0.383 e. The predicted molar refractivity (Wildman–Crippen MR) is 77.5 cm³/mol. The summed E-state index contributed by atoms with van der Waals surface area (Å²) in [6.07, 6.45) is 2.54. The van der Waals surface area contributed by atoms with Gasteiger partial charge in [0.05, 0.1) is 12.6 Å². The number of anilines is 2. The minimum absolute atomic E-state index is 0.0455. The highest BCUT2D eigenvalue weighted by atomic mass is 16.5. The van der Waals surface area contributed by atoms with Crippen LogP contribution in [0.5, 0.6) is 0 Å². The Labute approximate surface area is 114 Å². The summed E-state index contributed by atoms with van der Waals surface area (Å²) in [6.45, 7) is 4.23. The Morgan fingerprint density at radius 2 is 2.21 bits per heavy atom. The predicted octanol–water partition coefficient (Wildman–Crippen LogP) is 2.79. The lowest BCUT2D eigenvalue weighted by atomic mass is 10.1. The van der Waals surface area contributed by atoms with E-state index in [-0.39, 0.29) is 5.91 Å². The van der Waals surface area contributed by atoms with E-state index in [1.165, 1.54) is 19.8 Å². The quantitative estimate of drug-likeness (QED) is 0.829. The average Bonchev–Trinajstić information content (AvgIpc) is 3.16. The van der Waals surface area contributed by atoms with Gasteiger partial charge in [0.1, 0.15) is 0 Å². The maximum Gasteiger partial charge on any atom is 0.221 e. The largest absolute Gasteiger partial charge is 0.383 e. The van der Waals surface area contributed by atoms with E-state index in [9.17, 15) is 4.79 Å². The summed E-state index contributed by atoms with van der Waals surface area (Å²) >= 11 is 0. The van der Waals surface area contributed by atoms with Gasteiger partial charge in [-0.2, -0.15) is 0 Å². The Kier molecular flexibility index (Phi) is 4.43. The van der Waals surface area contributed by atoms with E-state index in [0.717, 1.165) is 16.9 Å². The molecule has 0 saturated heterocycles. The number of rotatable bonds is 6. The van der Waals surface area contributed by atoms with Crippen molar-refractivity contribution in [3.63, 3.8) is 0 Å². The molecule has 1 amide bonds. The van der Waals surface area contributed by atoms with Gasteiger partial charge in [-0.05, 0) is 43.4 Å². The van der Waals surface area contributed by atoms with Crippen molar-refractivity contribution >= 4 is 17.3 Å². The van der Waals surface area contributed by atoms with Crippen LogP contribution in [0.2, 0.25) is 0 Å². The Hall–Kier alpha value is -1.55. The topological polar surface area (TPSA) is 50.4 Å². The number of amides is 1. The molecule has 1 unspecified atom stereocenters. The SMILES string of the molecule is COCC(Nc1ccc(C)c(NC(C)=O)c1)C1CC1. The number of hydrogen-bond donors (Lipinski definition) is 2. The number of aryl methyl sites for hydroxylation is 1. The Balaban J connectivity index is 2.08. The lowest BCUT2D eigenvalue weighted by Gasteiger charge is -2.19. The number of benzene rings is 1. The molecule has 1 saturated carbocycles. The van der Waals surface area contributed by atoms with Crippen LogP contribution < -0.4 is 10.6 Å². The molecule has 0 radical (unpaired) electrons. The number of carbonyl (C=O) groups is 1. The highest BCUT2D eigenvalue weighted by Crippen LogP contribution is 2.34. The molecule has 1 atom stereocenters. The molecule has 1 aromatic rings. The summed E-state index contributed by atoms with van der Waals surface area (Å²) in [5.41, 5.74) is 2.96. The van der Waals surface area contributed by atoms with E-state index in [1.807, 2.05) is 25.1 Å². The number of ether oxygens (including phenoxy) is 1.